The van der Waals surface area contributed by atoms with Crippen molar-refractivity contribution in [2.75, 3.05) is 5.32 Å². The molecule has 4 N–H and O–H groups in total. The second-order valence-electron chi connectivity index (χ2n) is 5.56. The zero-order valence-electron chi connectivity index (χ0n) is 11.2. The molecule has 1 aromatic rings. The van der Waals surface area contributed by atoms with Gasteiger partial charge in [0.25, 0.3) is 5.91 Å². The second-order valence-corrected chi connectivity index (χ2v) is 5.56. The number of hydrogen-bond donors (Lipinski definition) is 3. The largest absolute Gasteiger partial charge is 0.366 e. The number of halogens is 2. The third kappa shape index (κ3) is 2.49. The number of hydrogen-bond acceptors (Lipinski definition) is 3. The van der Waals surface area contributed by atoms with Crippen molar-refractivity contribution < 1.29 is 18.4 Å². The Labute approximate surface area is 119 Å². The fourth-order valence-corrected chi connectivity index (χ4v) is 3.17. The predicted molar refractivity (Wildman–Crippen MR) is 71.6 cm³/mol. The lowest BCUT2D eigenvalue weighted by Crippen LogP contribution is -2.33. The molecule has 21 heavy (non-hydrogen) atoms. The van der Waals surface area contributed by atoms with Crippen molar-refractivity contribution in [3.8, 4) is 0 Å². The molecule has 112 valence electrons. The molecule has 0 saturated carbocycles. The Hall–Kier alpha value is -2.02. The summed E-state index contributed by atoms with van der Waals surface area (Å²) < 4.78 is 27.1. The van der Waals surface area contributed by atoms with Crippen molar-refractivity contribution >= 4 is 17.5 Å². The van der Waals surface area contributed by atoms with Crippen LogP contribution in [0.3, 0.4) is 0 Å². The molecule has 0 radical (unpaired) electrons. The molecule has 2 fully saturated rings. The molecule has 2 heterocycles. The number of fused-ring (bicyclic) bond motifs is 2. The number of nitrogens with one attached hydrogen (secondary N) is 2. The molecule has 2 aliphatic heterocycles. The molecule has 7 heteroatoms. The number of carbonyl (C=O) groups is 2. The average molecular weight is 295 g/mol. The lowest BCUT2D eigenvalue weighted by atomic mass is 9.88. The highest BCUT2D eigenvalue weighted by Crippen LogP contribution is 2.34. The number of benzene rings is 1. The highest BCUT2D eigenvalue weighted by atomic mass is 19.1. The van der Waals surface area contributed by atoms with Crippen LogP contribution < -0.4 is 16.4 Å². The first kappa shape index (κ1) is 13.9. The van der Waals surface area contributed by atoms with Crippen molar-refractivity contribution in [1.82, 2.24) is 5.32 Å². The van der Waals surface area contributed by atoms with E-state index < -0.39 is 23.1 Å². The number of anilines is 1. The van der Waals surface area contributed by atoms with Gasteiger partial charge in [-0.3, -0.25) is 9.59 Å². The summed E-state index contributed by atoms with van der Waals surface area (Å²) in [6.07, 6.45) is 2.67. The molecule has 1 aromatic carbocycles. The summed E-state index contributed by atoms with van der Waals surface area (Å²) in [4.78, 5) is 23.3. The van der Waals surface area contributed by atoms with Gasteiger partial charge < -0.3 is 16.4 Å². The first-order chi connectivity index (χ1) is 9.95. The van der Waals surface area contributed by atoms with E-state index in [1.54, 1.807) is 0 Å². The Bertz CT molecular complexity index is 620. The van der Waals surface area contributed by atoms with Crippen LogP contribution in [0.1, 0.15) is 29.6 Å². The van der Waals surface area contributed by atoms with Crippen LogP contribution in [0.5, 0.6) is 0 Å². The Kier molecular flexibility index (Phi) is 3.36. The van der Waals surface area contributed by atoms with E-state index >= 15 is 0 Å². The Morgan fingerprint density at radius 3 is 2.57 bits per heavy atom. The number of carbonyl (C=O) groups excluding carboxylic acids is 2. The van der Waals surface area contributed by atoms with Crippen LogP contribution in [-0.2, 0) is 4.79 Å². The van der Waals surface area contributed by atoms with Crippen LogP contribution in [-0.4, -0.2) is 23.9 Å². The second kappa shape index (κ2) is 5.07. The average Bonchev–Trinajstić information content (AvgIpc) is 3.03. The molecular weight excluding hydrogens is 280 g/mol. The van der Waals surface area contributed by atoms with Gasteiger partial charge in [0.1, 0.15) is 11.6 Å². The van der Waals surface area contributed by atoms with E-state index in [1.807, 2.05) is 0 Å². The summed E-state index contributed by atoms with van der Waals surface area (Å²) in [6.45, 7) is 0. The predicted octanol–water partition coefficient (Wildman–Crippen LogP) is 1.14. The fraction of sp³-hybridized carbons (Fsp3) is 0.429. The lowest BCUT2D eigenvalue weighted by molar-refractivity contribution is -0.120. The van der Waals surface area contributed by atoms with Crippen LogP contribution in [0.4, 0.5) is 14.5 Å². The molecule has 3 rings (SSSR count). The van der Waals surface area contributed by atoms with Gasteiger partial charge in [-0.05, 0) is 25.3 Å². The van der Waals surface area contributed by atoms with Gasteiger partial charge in [0.15, 0.2) is 0 Å². The van der Waals surface area contributed by atoms with Crippen molar-refractivity contribution in [3.63, 3.8) is 0 Å². The molecule has 2 bridgehead atoms. The monoisotopic (exact) mass is 295 g/mol. The Morgan fingerprint density at radius 1 is 1.24 bits per heavy atom. The molecule has 3 atom stereocenters. The molecule has 2 aliphatic rings. The third-order valence-corrected chi connectivity index (χ3v) is 4.22. The first-order valence-corrected chi connectivity index (χ1v) is 6.81. The van der Waals surface area contributed by atoms with Gasteiger partial charge in [-0.2, -0.15) is 0 Å². The normalized spacial score (nSPS) is 26.9. The minimum atomic E-state index is -1.04. The smallest absolute Gasteiger partial charge is 0.251 e. The lowest BCUT2D eigenvalue weighted by Gasteiger charge is -2.19. The van der Waals surface area contributed by atoms with Crippen LogP contribution in [0.25, 0.3) is 0 Å². The minimum Gasteiger partial charge on any atom is -0.366 e. The zero-order valence-corrected chi connectivity index (χ0v) is 11.2. The molecule has 5 nitrogen and oxygen atoms in total. The van der Waals surface area contributed by atoms with Gasteiger partial charge in [0, 0.05) is 18.2 Å². The summed E-state index contributed by atoms with van der Waals surface area (Å²) in [7, 11) is 0. The maximum Gasteiger partial charge on any atom is 0.251 e. The van der Waals surface area contributed by atoms with Crippen LogP contribution in [0.15, 0.2) is 12.1 Å². The number of primary amides is 1. The van der Waals surface area contributed by atoms with Crippen molar-refractivity contribution in [1.29, 1.82) is 0 Å². The Morgan fingerprint density at radius 2 is 2.00 bits per heavy atom. The number of rotatable bonds is 3. The molecule has 0 aliphatic carbocycles. The first-order valence-electron chi connectivity index (χ1n) is 6.81. The summed E-state index contributed by atoms with van der Waals surface area (Å²) in [6, 6.07) is 1.93. The maximum absolute atomic E-state index is 13.7. The SMILES string of the molecule is NC(=O)c1cc(NC(=O)C2CC3CCC2N3)c(F)cc1F. The van der Waals surface area contributed by atoms with Gasteiger partial charge in [0.2, 0.25) is 5.91 Å². The Balaban J connectivity index is 1.80. The number of nitrogens with two attached hydrogens (primary N) is 1. The maximum atomic E-state index is 13.7. The third-order valence-electron chi connectivity index (χ3n) is 4.22. The van der Waals surface area contributed by atoms with Crippen LogP contribution in [0.2, 0.25) is 0 Å². The van der Waals surface area contributed by atoms with E-state index in [2.05, 4.69) is 10.6 Å². The van der Waals surface area contributed by atoms with Gasteiger partial charge in [-0.25, -0.2) is 8.78 Å². The number of amides is 2. The van der Waals surface area contributed by atoms with E-state index in [0.29, 0.717) is 18.5 Å². The quantitative estimate of drug-likeness (QED) is 0.782. The minimum absolute atomic E-state index is 0.106. The van der Waals surface area contributed by atoms with Gasteiger partial charge in [-0.1, -0.05) is 0 Å². The summed E-state index contributed by atoms with van der Waals surface area (Å²) >= 11 is 0. The highest BCUT2D eigenvalue weighted by molar-refractivity contribution is 5.97. The molecule has 0 spiro atoms. The molecule has 2 amide bonds. The summed E-state index contributed by atoms with van der Waals surface area (Å²) in [5.74, 6) is -3.54. The van der Waals surface area contributed by atoms with Gasteiger partial charge in [0.05, 0.1) is 17.2 Å². The highest BCUT2D eigenvalue weighted by Gasteiger charge is 2.42. The van der Waals surface area contributed by atoms with E-state index in [9.17, 15) is 18.4 Å². The topological polar surface area (TPSA) is 84.2 Å². The van der Waals surface area contributed by atoms with Crippen LogP contribution in [0, 0.1) is 17.6 Å². The zero-order chi connectivity index (χ0) is 15.1. The summed E-state index contributed by atoms with van der Waals surface area (Å²) in [5, 5.41) is 5.74. The van der Waals surface area contributed by atoms with E-state index in [0.717, 1.165) is 18.9 Å². The molecule has 2 saturated heterocycles. The van der Waals surface area contributed by atoms with Crippen molar-refractivity contribution in [2.24, 2.45) is 11.7 Å². The molecule has 3 unspecified atom stereocenters. The fourth-order valence-electron chi connectivity index (χ4n) is 3.17. The standard InChI is InChI=1S/C14H15F2N3O2/c15-9-5-10(16)12(4-7(9)13(17)20)19-14(21)8-3-6-1-2-11(8)18-6/h4-6,8,11,18H,1-3H2,(H2,17,20)(H,19,21). The van der Waals surface area contributed by atoms with Gasteiger partial charge >= 0.3 is 0 Å². The van der Waals surface area contributed by atoms with Gasteiger partial charge in [-0.15, -0.1) is 0 Å². The molecule has 0 aromatic heterocycles. The van der Waals surface area contributed by atoms with Crippen molar-refractivity contribution in [3.05, 3.63) is 29.3 Å². The van der Waals surface area contributed by atoms with Crippen LogP contribution >= 0.6 is 0 Å². The molecular formula is C14H15F2N3O2. The van der Waals surface area contributed by atoms with Crippen molar-refractivity contribution in [2.45, 2.75) is 31.3 Å². The van der Waals surface area contributed by atoms with E-state index in [4.69, 9.17) is 5.73 Å². The van der Waals surface area contributed by atoms with E-state index in [-0.39, 0.29) is 23.6 Å². The van der Waals surface area contributed by atoms with E-state index in [1.165, 1.54) is 0 Å². The summed E-state index contributed by atoms with van der Waals surface area (Å²) in [5.41, 5.74) is 4.34.